The first-order chi connectivity index (χ1) is 12.2. The van der Waals surface area contributed by atoms with Gasteiger partial charge >= 0.3 is 6.18 Å². The van der Waals surface area contributed by atoms with Crippen molar-refractivity contribution in [1.82, 2.24) is 0 Å². The summed E-state index contributed by atoms with van der Waals surface area (Å²) in [6, 6.07) is 7.95. The van der Waals surface area contributed by atoms with Crippen LogP contribution in [0.15, 0.2) is 24.3 Å². The minimum Gasteiger partial charge on any atom is -0.493 e. The van der Waals surface area contributed by atoms with Crippen LogP contribution >= 0.6 is 0 Å². The van der Waals surface area contributed by atoms with Gasteiger partial charge in [0.1, 0.15) is 11.5 Å². The summed E-state index contributed by atoms with van der Waals surface area (Å²) in [5.74, 6) is -1.01. The topological polar surface area (TPSA) is 43.4 Å². The molecule has 0 N–H and O–H groups in total. The van der Waals surface area contributed by atoms with Crippen LogP contribution in [0.4, 0.5) is 13.2 Å². The zero-order valence-corrected chi connectivity index (χ0v) is 15.5. The van der Waals surface area contributed by atoms with Crippen molar-refractivity contribution in [2.75, 3.05) is 18.1 Å². The lowest BCUT2D eigenvalue weighted by Crippen LogP contribution is -2.34. The fraction of sp³-hybridized carbons (Fsp3) is 0.684. The molecule has 0 heterocycles. The van der Waals surface area contributed by atoms with Gasteiger partial charge < -0.3 is 4.74 Å². The van der Waals surface area contributed by atoms with Gasteiger partial charge in [-0.1, -0.05) is 25.0 Å². The van der Waals surface area contributed by atoms with Gasteiger partial charge in [-0.15, -0.1) is 0 Å². The van der Waals surface area contributed by atoms with Gasteiger partial charge in [0.2, 0.25) is 0 Å². The molecule has 0 spiro atoms. The van der Waals surface area contributed by atoms with E-state index in [-0.39, 0.29) is 11.8 Å². The van der Waals surface area contributed by atoms with Crippen molar-refractivity contribution < 1.29 is 26.3 Å². The Bertz CT molecular complexity index is 694. The van der Waals surface area contributed by atoms with Gasteiger partial charge in [-0.3, -0.25) is 0 Å². The van der Waals surface area contributed by atoms with E-state index in [1.54, 1.807) is 0 Å². The fourth-order valence-electron chi connectivity index (χ4n) is 3.81. The molecule has 1 aromatic rings. The molecule has 2 aliphatic carbocycles. The summed E-state index contributed by atoms with van der Waals surface area (Å²) in [6.45, 7) is 0.356. The third kappa shape index (κ3) is 5.89. The first-order valence-corrected chi connectivity index (χ1v) is 11.0. The Morgan fingerprint density at radius 2 is 1.58 bits per heavy atom. The van der Waals surface area contributed by atoms with Crippen molar-refractivity contribution in [3.8, 4) is 5.75 Å². The van der Waals surface area contributed by atoms with E-state index < -0.39 is 27.5 Å². The summed E-state index contributed by atoms with van der Waals surface area (Å²) in [4.78, 5) is 0. The number of alkyl halides is 3. The first-order valence-electron chi connectivity index (χ1n) is 9.22. The zero-order valence-electron chi connectivity index (χ0n) is 14.7. The Balaban J connectivity index is 1.56. The smallest absolute Gasteiger partial charge is 0.402 e. The largest absolute Gasteiger partial charge is 0.493 e. The first kappa shape index (κ1) is 19.5. The second kappa shape index (κ2) is 7.79. The van der Waals surface area contributed by atoms with E-state index in [1.165, 1.54) is 18.4 Å². The van der Waals surface area contributed by atoms with Crippen LogP contribution in [-0.2, 0) is 9.84 Å². The van der Waals surface area contributed by atoms with Crippen LogP contribution in [0.3, 0.4) is 0 Å². The predicted octanol–water partition coefficient (Wildman–Crippen LogP) is 4.73. The summed E-state index contributed by atoms with van der Waals surface area (Å²) in [7, 11) is -4.14. The maximum atomic E-state index is 12.5. The van der Waals surface area contributed by atoms with Crippen molar-refractivity contribution in [3.63, 3.8) is 0 Å². The fourth-order valence-corrected chi connectivity index (χ4v) is 5.52. The van der Waals surface area contributed by atoms with Gasteiger partial charge in [-0.05, 0) is 61.1 Å². The molecular formula is C19H25F3O3S. The minimum absolute atomic E-state index is 0.0186. The molecular weight excluding hydrogens is 365 g/mol. The molecule has 3 rings (SSSR count). The lowest BCUT2D eigenvalue weighted by Gasteiger charge is -2.31. The maximum Gasteiger partial charge on any atom is 0.402 e. The Labute approximate surface area is 152 Å². The Morgan fingerprint density at radius 1 is 0.962 bits per heavy atom. The van der Waals surface area contributed by atoms with E-state index in [4.69, 9.17) is 4.74 Å². The van der Waals surface area contributed by atoms with E-state index in [2.05, 4.69) is 12.1 Å². The number of sulfone groups is 1. The summed E-state index contributed by atoms with van der Waals surface area (Å²) in [6.07, 6.45) is 1.05. The third-order valence-electron chi connectivity index (χ3n) is 5.31. The lowest BCUT2D eigenvalue weighted by molar-refractivity contribution is -0.106. The molecule has 2 atom stereocenters. The predicted molar refractivity (Wildman–Crippen MR) is 94.1 cm³/mol. The van der Waals surface area contributed by atoms with E-state index in [1.807, 2.05) is 12.1 Å². The molecule has 0 bridgehead atoms. The molecule has 2 saturated carbocycles. The second-order valence-electron chi connectivity index (χ2n) is 7.63. The molecule has 0 saturated heterocycles. The van der Waals surface area contributed by atoms with Gasteiger partial charge in [-0.2, -0.15) is 13.2 Å². The molecule has 0 radical (unpaired) electrons. The zero-order chi connectivity index (χ0) is 18.8. The number of hydrogen-bond acceptors (Lipinski definition) is 3. The SMILES string of the molecule is O=S(=O)(C[C@H]1CCCC[C@@H]1COc1ccc(C2CC2)cc1)CC(F)(F)F. The number of halogens is 3. The molecule has 0 aromatic heterocycles. The quantitative estimate of drug-likeness (QED) is 0.676. The molecule has 2 fully saturated rings. The molecule has 7 heteroatoms. The monoisotopic (exact) mass is 390 g/mol. The summed E-state index contributed by atoms with van der Waals surface area (Å²) in [5, 5.41) is 0. The molecule has 1 aromatic carbocycles. The van der Waals surface area contributed by atoms with Crippen LogP contribution in [0.25, 0.3) is 0 Å². The Morgan fingerprint density at radius 3 is 2.15 bits per heavy atom. The Hall–Kier alpha value is -1.24. The molecule has 0 amide bonds. The van der Waals surface area contributed by atoms with Crippen molar-refractivity contribution >= 4 is 9.84 Å². The highest BCUT2D eigenvalue weighted by Gasteiger charge is 2.38. The van der Waals surface area contributed by atoms with Crippen LogP contribution in [0.1, 0.15) is 50.0 Å². The van der Waals surface area contributed by atoms with Gasteiger partial charge in [0, 0.05) is 0 Å². The third-order valence-corrected chi connectivity index (χ3v) is 7.01. The minimum atomic E-state index is -4.68. The van der Waals surface area contributed by atoms with E-state index in [9.17, 15) is 21.6 Å². The highest BCUT2D eigenvalue weighted by atomic mass is 32.2. The molecule has 146 valence electrons. The summed E-state index contributed by atoms with van der Waals surface area (Å²) < 4.78 is 67.0. The van der Waals surface area contributed by atoms with E-state index in [0.717, 1.165) is 25.0 Å². The van der Waals surface area contributed by atoms with Crippen LogP contribution in [0.5, 0.6) is 5.75 Å². The Kier molecular flexibility index (Phi) is 5.85. The van der Waals surface area contributed by atoms with Gasteiger partial charge in [-0.25, -0.2) is 8.42 Å². The van der Waals surface area contributed by atoms with Crippen molar-refractivity contribution in [3.05, 3.63) is 29.8 Å². The summed E-state index contributed by atoms with van der Waals surface area (Å²) in [5.41, 5.74) is 1.31. The van der Waals surface area contributed by atoms with Crippen LogP contribution in [-0.4, -0.2) is 32.7 Å². The number of ether oxygens (including phenoxy) is 1. The van der Waals surface area contributed by atoms with Crippen molar-refractivity contribution in [1.29, 1.82) is 0 Å². The normalized spacial score (nSPS) is 24.4. The average molecular weight is 390 g/mol. The van der Waals surface area contributed by atoms with Gasteiger partial charge in [0.15, 0.2) is 9.84 Å². The van der Waals surface area contributed by atoms with Gasteiger partial charge in [0.05, 0.1) is 12.4 Å². The van der Waals surface area contributed by atoms with Gasteiger partial charge in [0.25, 0.3) is 0 Å². The second-order valence-corrected chi connectivity index (χ2v) is 9.74. The number of benzene rings is 1. The standard InChI is InChI=1S/C19H25F3O3S/c20-19(21,22)13-26(23,24)12-17-4-2-1-3-16(17)11-25-18-9-7-15(8-10-18)14-5-6-14/h7-10,14,16-17H,1-6,11-13H2/t16-,17-/m1/s1. The van der Waals surface area contributed by atoms with Crippen molar-refractivity contribution in [2.45, 2.75) is 50.6 Å². The van der Waals surface area contributed by atoms with Crippen LogP contribution in [0, 0.1) is 11.8 Å². The lowest BCUT2D eigenvalue weighted by atomic mass is 9.81. The molecule has 0 unspecified atom stereocenters. The maximum absolute atomic E-state index is 12.5. The highest BCUT2D eigenvalue weighted by molar-refractivity contribution is 7.91. The van der Waals surface area contributed by atoms with Crippen LogP contribution in [0.2, 0.25) is 0 Å². The average Bonchev–Trinajstić information content (AvgIpc) is 3.37. The van der Waals surface area contributed by atoms with Crippen molar-refractivity contribution in [2.24, 2.45) is 11.8 Å². The molecule has 2 aliphatic rings. The van der Waals surface area contributed by atoms with Crippen LogP contribution < -0.4 is 4.74 Å². The molecule has 26 heavy (non-hydrogen) atoms. The number of rotatable bonds is 7. The van der Waals surface area contributed by atoms with E-state index >= 15 is 0 Å². The molecule has 0 aliphatic heterocycles. The molecule has 3 nitrogen and oxygen atoms in total. The number of hydrogen-bond donors (Lipinski definition) is 0. The van der Waals surface area contributed by atoms with E-state index in [0.29, 0.717) is 18.9 Å². The highest BCUT2D eigenvalue weighted by Crippen LogP contribution is 2.40. The summed E-state index contributed by atoms with van der Waals surface area (Å²) >= 11 is 0.